The van der Waals surface area contributed by atoms with Crippen LogP contribution in [0.1, 0.15) is 0 Å². The molecule has 0 unspecified atom stereocenters. The van der Waals surface area contributed by atoms with Crippen LogP contribution >= 0.6 is 0 Å². The molecule has 0 bridgehead atoms. The maximum atomic E-state index is 6.38. The minimum Gasteiger partial charge on any atom is -0.454 e. The molecule has 0 atom stereocenters. The Morgan fingerprint density at radius 2 is 1.08 bits per heavy atom. The van der Waals surface area contributed by atoms with Crippen molar-refractivity contribution >= 4 is 54.1 Å². The average molecular weight is 473 g/mol. The lowest BCUT2D eigenvalue weighted by atomic mass is 9.93. The van der Waals surface area contributed by atoms with E-state index < -0.39 is 0 Å². The number of rotatable bonds is 2. The third kappa shape index (κ3) is 3.08. The quantitative estimate of drug-likeness (QED) is 0.235. The Morgan fingerprint density at radius 3 is 1.84 bits per heavy atom. The summed E-state index contributed by atoms with van der Waals surface area (Å²) in [5.74, 6) is 1.57. The molecule has 0 spiro atoms. The third-order valence-electron chi connectivity index (χ3n) is 7.32. The molecule has 8 rings (SSSR count). The Balaban J connectivity index is 1.29. The Kier molecular flexibility index (Phi) is 4.23. The Bertz CT molecular complexity index is 2120. The summed E-state index contributed by atoms with van der Waals surface area (Å²) in [6.07, 6.45) is 1.81. The first-order valence-electron chi connectivity index (χ1n) is 12.4. The van der Waals surface area contributed by atoms with Crippen LogP contribution in [-0.2, 0) is 0 Å². The molecule has 0 saturated carbocycles. The first-order valence-corrected chi connectivity index (χ1v) is 12.4. The maximum Gasteiger partial charge on any atom is 0.153 e. The normalized spacial score (nSPS) is 11.8. The van der Waals surface area contributed by atoms with Crippen molar-refractivity contribution < 1.29 is 4.42 Å². The van der Waals surface area contributed by atoms with Crippen molar-refractivity contribution in [2.24, 2.45) is 0 Å². The van der Waals surface area contributed by atoms with Gasteiger partial charge in [0.25, 0.3) is 0 Å². The fraction of sp³-hybridized carbons (Fsp3) is 0. The highest BCUT2D eigenvalue weighted by Crippen LogP contribution is 2.38. The van der Waals surface area contributed by atoms with E-state index in [1.165, 1.54) is 32.3 Å². The summed E-state index contributed by atoms with van der Waals surface area (Å²) in [5, 5.41) is 9.69. The Hall–Kier alpha value is -5.02. The number of fused-ring (bicyclic) bond motifs is 9. The second-order valence-electron chi connectivity index (χ2n) is 9.42. The zero-order chi connectivity index (χ0) is 24.3. The molecule has 37 heavy (non-hydrogen) atoms. The lowest BCUT2D eigenvalue weighted by Crippen LogP contribution is -1.87. The van der Waals surface area contributed by atoms with Gasteiger partial charge >= 0.3 is 0 Å². The lowest BCUT2D eigenvalue weighted by molar-refractivity contribution is 0.595. The van der Waals surface area contributed by atoms with Gasteiger partial charge in [-0.15, -0.1) is 0 Å². The van der Waals surface area contributed by atoms with Crippen LogP contribution in [0.15, 0.2) is 126 Å². The Labute approximate surface area is 212 Å². The van der Waals surface area contributed by atoms with Gasteiger partial charge in [0.15, 0.2) is 5.76 Å². The van der Waals surface area contributed by atoms with Gasteiger partial charge in [-0.1, -0.05) is 84.9 Å². The van der Waals surface area contributed by atoms with Crippen LogP contribution in [0.4, 0.5) is 0 Å². The molecule has 0 aliphatic carbocycles. The summed E-state index contributed by atoms with van der Waals surface area (Å²) in [4.78, 5) is 9.53. The van der Waals surface area contributed by atoms with E-state index in [9.17, 15) is 0 Å². The molecule has 5 aromatic carbocycles. The van der Waals surface area contributed by atoms with E-state index in [0.717, 1.165) is 44.6 Å². The molecule has 3 nitrogen and oxygen atoms in total. The predicted octanol–water partition coefficient (Wildman–Crippen LogP) is 9.17. The first-order chi connectivity index (χ1) is 18.3. The number of benzene rings is 5. The van der Waals surface area contributed by atoms with Crippen LogP contribution < -0.4 is 0 Å². The number of hydrogen-bond donors (Lipinski definition) is 0. The zero-order valence-corrected chi connectivity index (χ0v) is 19.8. The summed E-state index contributed by atoms with van der Waals surface area (Å²) in [5.41, 5.74) is 3.64. The van der Waals surface area contributed by atoms with Gasteiger partial charge in [-0.05, 0) is 62.6 Å². The number of nitrogens with zero attached hydrogens (tertiary/aromatic N) is 2. The van der Waals surface area contributed by atoms with E-state index in [-0.39, 0.29) is 0 Å². The van der Waals surface area contributed by atoms with Gasteiger partial charge in [-0.3, -0.25) is 4.98 Å². The third-order valence-corrected chi connectivity index (χ3v) is 7.32. The summed E-state index contributed by atoms with van der Waals surface area (Å²) < 4.78 is 6.38. The minimum absolute atomic E-state index is 0.744. The molecule has 0 aliphatic heterocycles. The molecule has 0 N–H and O–H groups in total. The fourth-order valence-electron chi connectivity index (χ4n) is 5.55. The van der Waals surface area contributed by atoms with Crippen molar-refractivity contribution in [1.82, 2.24) is 9.97 Å². The molecule has 0 fully saturated rings. The fourth-order valence-corrected chi connectivity index (χ4v) is 5.55. The summed E-state index contributed by atoms with van der Waals surface area (Å²) >= 11 is 0. The molecule has 0 amide bonds. The van der Waals surface area contributed by atoms with Crippen LogP contribution in [0.3, 0.4) is 0 Å². The topological polar surface area (TPSA) is 38.9 Å². The molecule has 172 valence electrons. The molecule has 3 aromatic heterocycles. The van der Waals surface area contributed by atoms with Crippen molar-refractivity contribution in [3.05, 3.63) is 121 Å². The summed E-state index contributed by atoms with van der Waals surface area (Å²) in [7, 11) is 0. The maximum absolute atomic E-state index is 6.38. The van der Waals surface area contributed by atoms with Crippen molar-refractivity contribution in [2.45, 2.75) is 0 Å². The minimum atomic E-state index is 0.744. The molecule has 3 heterocycles. The zero-order valence-electron chi connectivity index (χ0n) is 19.8. The SMILES string of the molecule is c1cnc2c(c1)ccc1ccc(-c3ccc(-c4ccc5c6ccccc6c6ccccc6c5c4)o3)nc12. The monoisotopic (exact) mass is 472 g/mol. The van der Waals surface area contributed by atoms with E-state index >= 15 is 0 Å². The molecule has 0 saturated heterocycles. The number of hydrogen-bond acceptors (Lipinski definition) is 3. The van der Waals surface area contributed by atoms with Crippen molar-refractivity contribution in [3.8, 4) is 22.8 Å². The molecule has 8 aromatic rings. The van der Waals surface area contributed by atoms with Gasteiger partial charge in [-0.2, -0.15) is 0 Å². The molecule has 0 radical (unpaired) electrons. The van der Waals surface area contributed by atoms with E-state index in [4.69, 9.17) is 9.40 Å². The Morgan fingerprint density at radius 1 is 0.459 bits per heavy atom. The van der Waals surface area contributed by atoms with Crippen LogP contribution in [-0.4, -0.2) is 9.97 Å². The molecular weight excluding hydrogens is 452 g/mol. The average Bonchev–Trinajstić information content (AvgIpc) is 3.47. The highest BCUT2D eigenvalue weighted by molar-refractivity contribution is 6.25. The molecule has 3 heteroatoms. The predicted molar refractivity (Wildman–Crippen MR) is 153 cm³/mol. The number of pyridine rings is 2. The van der Waals surface area contributed by atoms with Gasteiger partial charge < -0.3 is 4.42 Å². The van der Waals surface area contributed by atoms with Crippen LogP contribution in [0.25, 0.3) is 76.9 Å². The van der Waals surface area contributed by atoms with Crippen molar-refractivity contribution in [2.75, 3.05) is 0 Å². The molecular formula is C34H20N2O. The van der Waals surface area contributed by atoms with E-state index in [0.29, 0.717) is 0 Å². The van der Waals surface area contributed by atoms with Gasteiger partial charge in [0.05, 0.1) is 11.0 Å². The van der Waals surface area contributed by atoms with Gasteiger partial charge in [-0.25, -0.2) is 4.98 Å². The van der Waals surface area contributed by atoms with Gasteiger partial charge in [0.2, 0.25) is 0 Å². The van der Waals surface area contributed by atoms with Gasteiger partial charge in [0.1, 0.15) is 11.5 Å². The highest BCUT2D eigenvalue weighted by atomic mass is 16.3. The summed E-state index contributed by atoms with van der Waals surface area (Å²) in [6.45, 7) is 0. The summed E-state index contributed by atoms with van der Waals surface area (Å²) in [6, 6.07) is 40.2. The van der Waals surface area contributed by atoms with Gasteiger partial charge in [0, 0.05) is 22.5 Å². The highest BCUT2D eigenvalue weighted by Gasteiger charge is 2.13. The molecule has 0 aliphatic rings. The van der Waals surface area contributed by atoms with Crippen LogP contribution in [0.5, 0.6) is 0 Å². The lowest BCUT2D eigenvalue weighted by Gasteiger charge is -2.11. The standard InChI is InChI=1S/C34H20N2O/c1-2-9-26-24(7-1)25-8-3-4-10-27(25)29-20-23(13-15-28(26)29)31-17-18-32(37-31)30-16-14-22-12-11-21-6-5-19-35-33(21)34(22)36-30/h1-20H. The van der Waals surface area contributed by atoms with Crippen LogP contribution in [0.2, 0.25) is 0 Å². The van der Waals surface area contributed by atoms with Crippen LogP contribution in [0, 0.1) is 0 Å². The largest absolute Gasteiger partial charge is 0.454 e. The van der Waals surface area contributed by atoms with Crippen molar-refractivity contribution in [1.29, 1.82) is 0 Å². The second kappa shape index (κ2) is 7.74. The number of aromatic nitrogens is 2. The van der Waals surface area contributed by atoms with E-state index in [2.05, 4.69) is 96.0 Å². The first kappa shape index (κ1) is 20.2. The van der Waals surface area contributed by atoms with E-state index in [1.807, 2.05) is 30.5 Å². The van der Waals surface area contributed by atoms with E-state index in [1.54, 1.807) is 0 Å². The second-order valence-corrected chi connectivity index (χ2v) is 9.42. The van der Waals surface area contributed by atoms with Crippen molar-refractivity contribution in [3.63, 3.8) is 0 Å². The number of furan rings is 1. The smallest absolute Gasteiger partial charge is 0.153 e.